The zero-order valence-corrected chi connectivity index (χ0v) is 14.1. The number of carbonyl (C=O) groups excluding carboxylic acids is 2. The summed E-state index contributed by atoms with van der Waals surface area (Å²) in [6.45, 7) is 2.18. The standard InChI is InChI=1S/C16H21ClN2O4/c1-22-11-16(21)19-7-5-18(6-8-19)15(20)10-12-9-13(17)3-4-14(12)23-2/h3-4,9H,5-8,10-11H2,1-2H3. The quantitative estimate of drug-likeness (QED) is 0.808. The minimum absolute atomic E-state index is 0.00408. The Hall–Kier alpha value is -1.79. The van der Waals surface area contributed by atoms with Gasteiger partial charge in [-0.3, -0.25) is 9.59 Å². The number of rotatable bonds is 5. The summed E-state index contributed by atoms with van der Waals surface area (Å²) in [7, 11) is 3.06. The summed E-state index contributed by atoms with van der Waals surface area (Å²) in [5.74, 6) is 0.608. The highest BCUT2D eigenvalue weighted by Crippen LogP contribution is 2.23. The number of benzene rings is 1. The first-order valence-corrected chi connectivity index (χ1v) is 7.80. The third kappa shape index (κ3) is 4.59. The van der Waals surface area contributed by atoms with Crippen LogP contribution in [0.3, 0.4) is 0 Å². The number of halogens is 1. The van der Waals surface area contributed by atoms with Crippen LogP contribution in [0.15, 0.2) is 18.2 Å². The van der Waals surface area contributed by atoms with E-state index < -0.39 is 0 Å². The van der Waals surface area contributed by atoms with E-state index in [2.05, 4.69) is 0 Å². The van der Waals surface area contributed by atoms with Crippen LogP contribution in [0.2, 0.25) is 5.02 Å². The summed E-state index contributed by atoms with van der Waals surface area (Å²) >= 11 is 5.99. The Bertz CT molecular complexity index is 571. The molecule has 0 radical (unpaired) electrons. The Balaban J connectivity index is 1.93. The van der Waals surface area contributed by atoms with Gasteiger partial charge < -0.3 is 19.3 Å². The molecule has 0 N–H and O–H groups in total. The lowest BCUT2D eigenvalue weighted by Crippen LogP contribution is -2.51. The molecule has 1 aromatic rings. The van der Waals surface area contributed by atoms with E-state index in [4.69, 9.17) is 21.1 Å². The van der Waals surface area contributed by atoms with Gasteiger partial charge in [0, 0.05) is 43.9 Å². The monoisotopic (exact) mass is 340 g/mol. The lowest BCUT2D eigenvalue weighted by molar-refractivity contribution is -0.141. The van der Waals surface area contributed by atoms with Crippen LogP contribution < -0.4 is 4.74 Å². The molecular weight excluding hydrogens is 320 g/mol. The van der Waals surface area contributed by atoms with Crippen molar-refractivity contribution in [1.82, 2.24) is 9.80 Å². The smallest absolute Gasteiger partial charge is 0.248 e. The van der Waals surface area contributed by atoms with Gasteiger partial charge in [-0.15, -0.1) is 0 Å². The first kappa shape index (κ1) is 17.6. The van der Waals surface area contributed by atoms with Gasteiger partial charge >= 0.3 is 0 Å². The molecular formula is C16H21ClN2O4. The van der Waals surface area contributed by atoms with Gasteiger partial charge in [0.2, 0.25) is 11.8 Å². The molecule has 1 aliphatic heterocycles. The molecule has 0 unspecified atom stereocenters. The summed E-state index contributed by atoms with van der Waals surface area (Å²) in [5.41, 5.74) is 0.767. The molecule has 1 fully saturated rings. The average molecular weight is 341 g/mol. The van der Waals surface area contributed by atoms with Crippen LogP contribution >= 0.6 is 11.6 Å². The summed E-state index contributed by atoms with van der Waals surface area (Å²) in [4.78, 5) is 27.7. The molecule has 2 amide bonds. The van der Waals surface area contributed by atoms with E-state index in [1.165, 1.54) is 7.11 Å². The number of carbonyl (C=O) groups is 2. The molecule has 2 rings (SSSR count). The van der Waals surface area contributed by atoms with Gasteiger partial charge in [0.15, 0.2) is 0 Å². The Morgan fingerprint density at radius 1 is 1.09 bits per heavy atom. The van der Waals surface area contributed by atoms with Crippen LogP contribution in [0, 0.1) is 0 Å². The van der Waals surface area contributed by atoms with Crippen LogP contribution in [-0.4, -0.2) is 68.6 Å². The van der Waals surface area contributed by atoms with E-state index in [9.17, 15) is 9.59 Å². The van der Waals surface area contributed by atoms with Crippen LogP contribution in [0.25, 0.3) is 0 Å². The van der Waals surface area contributed by atoms with Crippen molar-refractivity contribution in [2.75, 3.05) is 47.0 Å². The minimum atomic E-state index is -0.0453. The molecule has 0 aromatic heterocycles. The average Bonchev–Trinajstić information content (AvgIpc) is 2.55. The van der Waals surface area contributed by atoms with Gasteiger partial charge in [-0.2, -0.15) is 0 Å². The van der Waals surface area contributed by atoms with E-state index in [-0.39, 0.29) is 24.8 Å². The fourth-order valence-corrected chi connectivity index (χ4v) is 2.77. The number of ether oxygens (including phenoxy) is 2. The molecule has 0 spiro atoms. The summed E-state index contributed by atoms with van der Waals surface area (Å²) in [6, 6.07) is 5.23. The second-order valence-electron chi connectivity index (χ2n) is 5.33. The predicted octanol–water partition coefficient (Wildman–Crippen LogP) is 1.21. The van der Waals surface area contributed by atoms with E-state index in [1.54, 1.807) is 35.1 Å². The van der Waals surface area contributed by atoms with Crippen molar-refractivity contribution in [2.24, 2.45) is 0 Å². The maximum Gasteiger partial charge on any atom is 0.248 e. The van der Waals surface area contributed by atoms with E-state index in [1.807, 2.05) is 0 Å². The normalized spacial score (nSPS) is 14.7. The highest BCUT2D eigenvalue weighted by atomic mass is 35.5. The molecule has 1 heterocycles. The minimum Gasteiger partial charge on any atom is -0.496 e. The molecule has 23 heavy (non-hydrogen) atoms. The van der Waals surface area contributed by atoms with Crippen molar-refractivity contribution in [2.45, 2.75) is 6.42 Å². The molecule has 0 bridgehead atoms. The van der Waals surface area contributed by atoms with Crippen LogP contribution in [0.1, 0.15) is 5.56 Å². The van der Waals surface area contributed by atoms with Crippen molar-refractivity contribution < 1.29 is 19.1 Å². The molecule has 1 aliphatic rings. The molecule has 1 saturated heterocycles. The van der Waals surface area contributed by atoms with Gasteiger partial charge in [0.05, 0.1) is 13.5 Å². The van der Waals surface area contributed by atoms with Gasteiger partial charge in [0.25, 0.3) is 0 Å². The van der Waals surface area contributed by atoms with Crippen molar-refractivity contribution in [3.8, 4) is 5.75 Å². The number of methoxy groups -OCH3 is 2. The van der Waals surface area contributed by atoms with Crippen LogP contribution in [-0.2, 0) is 20.7 Å². The highest BCUT2D eigenvalue weighted by Gasteiger charge is 2.24. The van der Waals surface area contributed by atoms with Gasteiger partial charge in [-0.25, -0.2) is 0 Å². The molecule has 7 heteroatoms. The number of piperazine rings is 1. The Morgan fingerprint density at radius 3 is 2.26 bits per heavy atom. The second kappa shape index (κ2) is 8.17. The van der Waals surface area contributed by atoms with Crippen LogP contribution in [0.4, 0.5) is 0 Å². The first-order valence-electron chi connectivity index (χ1n) is 7.42. The van der Waals surface area contributed by atoms with Crippen molar-refractivity contribution in [3.05, 3.63) is 28.8 Å². The van der Waals surface area contributed by atoms with E-state index in [0.717, 1.165) is 5.56 Å². The lowest BCUT2D eigenvalue weighted by Gasteiger charge is -2.34. The summed E-state index contributed by atoms with van der Waals surface area (Å²) < 4.78 is 10.1. The second-order valence-corrected chi connectivity index (χ2v) is 5.76. The fraction of sp³-hybridized carbons (Fsp3) is 0.500. The van der Waals surface area contributed by atoms with Crippen LogP contribution in [0.5, 0.6) is 5.75 Å². The zero-order valence-electron chi connectivity index (χ0n) is 13.4. The third-order valence-electron chi connectivity index (χ3n) is 3.84. The molecule has 1 aromatic carbocycles. The van der Waals surface area contributed by atoms with Crippen molar-refractivity contribution >= 4 is 23.4 Å². The highest BCUT2D eigenvalue weighted by molar-refractivity contribution is 6.30. The molecule has 6 nitrogen and oxygen atoms in total. The van der Waals surface area contributed by atoms with E-state index in [0.29, 0.717) is 37.0 Å². The molecule has 0 saturated carbocycles. The molecule has 126 valence electrons. The van der Waals surface area contributed by atoms with Gasteiger partial charge in [0.1, 0.15) is 12.4 Å². The fourth-order valence-electron chi connectivity index (χ4n) is 2.58. The third-order valence-corrected chi connectivity index (χ3v) is 4.07. The number of nitrogens with zero attached hydrogens (tertiary/aromatic N) is 2. The van der Waals surface area contributed by atoms with E-state index >= 15 is 0 Å². The predicted molar refractivity (Wildman–Crippen MR) is 86.7 cm³/mol. The zero-order chi connectivity index (χ0) is 16.8. The Labute approximate surface area is 140 Å². The van der Waals surface area contributed by atoms with Gasteiger partial charge in [-0.05, 0) is 18.2 Å². The largest absolute Gasteiger partial charge is 0.496 e. The maximum absolute atomic E-state index is 12.4. The maximum atomic E-state index is 12.4. The Kier molecular flexibility index (Phi) is 6.24. The number of hydrogen-bond acceptors (Lipinski definition) is 4. The lowest BCUT2D eigenvalue weighted by atomic mass is 10.1. The number of amides is 2. The number of hydrogen-bond donors (Lipinski definition) is 0. The summed E-state index contributed by atoms with van der Waals surface area (Å²) in [6.07, 6.45) is 0.232. The summed E-state index contributed by atoms with van der Waals surface area (Å²) in [5, 5.41) is 0.573. The topological polar surface area (TPSA) is 59.1 Å². The Morgan fingerprint density at radius 2 is 1.70 bits per heavy atom. The van der Waals surface area contributed by atoms with Crippen molar-refractivity contribution in [1.29, 1.82) is 0 Å². The molecule has 0 atom stereocenters. The molecule has 0 aliphatic carbocycles. The first-order chi connectivity index (χ1) is 11.0. The van der Waals surface area contributed by atoms with Crippen molar-refractivity contribution in [3.63, 3.8) is 0 Å². The van der Waals surface area contributed by atoms with Gasteiger partial charge in [-0.1, -0.05) is 11.6 Å². The SMILES string of the molecule is COCC(=O)N1CCN(C(=O)Cc2cc(Cl)ccc2OC)CC1.